The molecule has 4 nitrogen and oxygen atoms in total. The average Bonchev–Trinajstić information content (AvgIpc) is 3.26. The largest absolute Gasteiger partial charge is 0.467 e. The Morgan fingerprint density at radius 1 is 1.03 bits per heavy atom. The number of allylic oxidation sites excluding steroid dienone is 4. The van der Waals surface area contributed by atoms with E-state index in [1.807, 2.05) is 0 Å². The van der Waals surface area contributed by atoms with Crippen molar-refractivity contribution >= 4 is 5.97 Å². The van der Waals surface area contributed by atoms with Crippen molar-refractivity contribution in [2.45, 2.75) is 116 Å². The summed E-state index contributed by atoms with van der Waals surface area (Å²) in [5.74, 6) is 2.06. The van der Waals surface area contributed by atoms with Crippen molar-refractivity contribution in [3.63, 3.8) is 0 Å². The van der Waals surface area contributed by atoms with Gasteiger partial charge in [0.1, 0.15) is 0 Å². The lowest BCUT2D eigenvalue weighted by Crippen LogP contribution is -2.33. The molecule has 0 aromatic carbocycles. The fraction of sp³-hybridized carbons (Fsp3) is 0.821. The summed E-state index contributed by atoms with van der Waals surface area (Å²) in [6, 6.07) is 0. The van der Waals surface area contributed by atoms with Gasteiger partial charge in [-0.05, 0) is 82.0 Å². The third-order valence-electron chi connectivity index (χ3n) is 7.10. The molecule has 184 valence electrons. The van der Waals surface area contributed by atoms with Crippen LogP contribution in [0.1, 0.15) is 104 Å². The molecule has 2 aliphatic rings. The molecule has 4 heteroatoms. The van der Waals surface area contributed by atoms with Gasteiger partial charge < -0.3 is 14.2 Å². The van der Waals surface area contributed by atoms with Crippen LogP contribution < -0.4 is 0 Å². The van der Waals surface area contributed by atoms with Crippen LogP contribution in [0.2, 0.25) is 0 Å². The van der Waals surface area contributed by atoms with Gasteiger partial charge in [0.15, 0.2) is 12.4 Å². The van der Waals surface area contributed by atoms with Gasteiger partial charge in [-0.3, -0.25) is 0 Å². The maximum Gasteiger partial charge on any atom is 0.335 e. The quantitative estimate of drug-likeness (QED) is 0.194. The van der Waals surface area contributed by atoms with Crippen molar-refractivity contribution < 1.29 is 19.0 Å². The molecule has 1 heterocycles. The molecular formula is C28H48O4. The molecule has 5 atom stereocenters. The molecule has 1 aliphatic carbocycles. The van der Waals surface area contributed by atoms with Gasteiger partial charge in [0, 0.05) is 6.61 Å². The van der Waals surface area contributed by atoms with Crippen molar-refractivity contribution in [3.05, 3.63) is 24.3 Å². The van der Waals surface area contributed by atoms with Crippen LogP contribution in [0.25, 0.3) is 0 Å². The van der Waals surface area contributed by atoms with E-state index in [9.17, 15) is 4.79 Å². The van der Waals surface area contributed by atoms with Crippen molar-refractivity contribution in [1.29, 1.82) is 0 Å². The first-order valence-electron chi connectivity index (χ1n) is 13.3. The third kappa shape index (κ3) is 10.7. The molecule has 1 saturated carbocycles. The molecule has 3 unspecified atom stereocenters. The van der Waals surface area contributed by atoms with Crippen molar-refractivity contribution in [2.24, 2.45) is 17.8 Å². The van der Waals surface area contributed by atoms with Gasteiger partial charge in [0.05, 0.1) is 7.11 Å². The maximum absolute atomic E-state index is 12.1. The van der Waals surface area contributed by atoms with E-state index in [1.54, 1.807) is 0 Å². The Morgan fingerprint density at radius 3 is 2.62 bits per heavy atom. The van der Waals surface area contributed by atoms with Gasteiger partial charge in [-0.1, -0.05) is 63.8 Å². The predicted octanol–water partition coefficient (Wildman–Crippen LogP) is 7.38. The number of ether oxygens (including phenoxy) is 3. The summed E-state index contributed by atoms with van der Waals surface area (Å²) in [7, 11) is 1.43. The lowest BCUT2D eigenvalue weighted by molar-refractivity contribution is -0.203. The Balaban J connectivity index is 1.67. The van der Waals surface area contributed by atoms with Gasteiger partial charge in [-0.25, -0.2) is 4.79 Å². The van der Waals surface area contributed by atoms with Crippen LogP contribution >= 0.6 is 0 Å². The summed E-state index contributed by atoms with van der Waals surface area (Å²) < 4.78 is 16.5. The van der Waals surface area contributed by atoms with E-state index in [-0.39, 0.29) is 12.3 Å². The lowest BCUT2D eigenvalue weighted by Gasteiger charge is -2.26. The van der Waals surface area contributed by atoms with Crippen LogP contribution in [0.5, 0.6) is 0 Å². The molecule has 0 aromatic rings. The minimum Gasteiger partial charge on any atom is -0.467 e. The molecule has 0 aromatic heterocycles. The first-order valence-corrected chi connectivity index (χ1v) is 13.3. The Kier molecular flexibility index (Phi) is 14.0. The molecule has 1 saturated heterocycles. The van der Waals surface area contributed by atoms with Crippen LogP contribution in [0.15, 0.2) is 24.3 Å². The first kappa shape index (κ1) is 27.1. The second-order valence-electron chi connectivity index (χ2n) is 9.84. The van der Waals surface area contributed by atoms with E-state index in [0.717, 1.165) is 49.9 Å². The molecule has 2 rings (SSSR count). The van der Waals surface area contributed by atoms with Crippen LogP contribution in [-0.4, -0.2) is 32.1 Å². The molecule has 32 heavy (non-hydrogen) atoms. The summed E-state index contributed by atoms with van der Waals surface area (Å²) in [6.45, 7) is 5.39. The number of carbonyl (C=O) groups is 1. The zero-order valence-electron chi connectivity index (χ0n) is 20.9. The standard InChI is InChI=1S/C28H48O4/c1-4-5-14-23(2)15-9-10-17-25-19-13-18-24(25)16-7-6-8-20-26(28(29)30-3)32-27-21-11-12-22-31-27/h6-7,10,17,23-27H,4-5,8-9,11-16,18-22H2,1-3H3/t23?,24-,25-,26?,27?/m0/s1. The molecule has 0 N–H and O–H groups in total. The molecule has 1 aliphatic heterocycles. The number of carbonyl (C=O) groups excluding carboxylic acids is 1. The van der Waals surface area contributed by atoms with Gasteiger partial charge in [0.2, 0.25) is 0 Å². The minimum atomic E-state index is -0.533. The van der Waals surface area contributed by atoms with E-state index in [1.165, 1.54) is 58.5 Å². The Morgan fingerprint density at radius 2 is 1.88 bits per heavy atom. The monoisotopic (exact) mass is 448 g/mol. The fourth-order valence-corrected chi connectivity index (χ4v) is 4.97. The zero-order chi connectivity index (χ0) is 23.0. The molecular weight excluding hydrogens is 400 g/mol. The van der Waals surface area contributed by atoms with Crippen LogP contribution in [0.4, 0.5) is 0 Å². The summed E-state index contributed by atoms with van der Waals surface area (Å²) in [4.78, 5) is 12.1. The second kappa shape index (κ2) is 16.5. The van der Waals surface area contributed by atoms with Gasteiger partial charge in [0.25, 0.3) is 0 Å². The summed E-state index contributed by atoms with van der Waals surface area (Å²) >= 11 is 0. The number of esters is 1. The SMILES string of the molecule is CCCCC(C)CCC=C[C@H]1CCC[C@@H]1CC=CCCC(OC1CCCCO1)C(=O)OC. The normalized spacial score (nSPS) is 26.0. The molecule has 0 radical (unpaired) electrons. The number of methoxy groups -OCH3 is 1. The van der Waals surface area contributed by atoms with E-state index < -0.39 is 6.10 Å². The predicted molar refractivity (Wildman–Crippen MR) is 131 cm³/mol. The highest BCUT2D eigenvalue weighted by Crippen LogP contribution is 2.35. The summed E-state index contributed by atoms with van der Waals surface area (Å²) in [6.07, 6.45) is 24.9. The second-order valence-corrected chi connectivity index (χ2v) is 9.84. The highest BCUT2D eigenvalue weighted by atomic mass is 16.7. The van der Waals surface area contributed by atoms with E-state index in [4.69, 9.17) is 14.2 Å². The van der Waals surface area contributed by atoms with Crippen LogP contribution in [0.3, 0.4) is 0 Å². The van der Waals surface area contributed by atoms with Gasteiger partial charge in [-0.15, -0.1) is 0 Å². The molecule has 2 fully saturated rings. The van der Waals surface area contributed by atoms with Crippen molar-refractivity contribution in [2.75, 3.05) is 13.7 Å². The topological polar surface area (TPSA) is 44.8 Å². The van der Waals surface area contributed by atoms with Crippen LogP contribution in [-0.2, 0) is 19.0 Å². The lowest BCUT2D eigenvalue weighted by atomic mass is 9.91. The summed E-state index contributed by atoms with van der Waals surface area (Å²) in [5.41, 5.74) is 0. The number of hydrogen-bond acceptors (Lipinski definition) is 4. The fourth-order valence-electron chi connectivity index (χ4n) is 4.97. The van der Waals surface area contributed by atoms with Crippen molar-refractivity contribution in [1.82, 2.24) is 0 Å². The molecule has 0 spiro atoms. The van der Waals surface area contributed by atoms with Crippen molar-refractivity contribution in [3.8, 4) is 0 Å². The highest BCUT2D eigenvalue weighted by molar-refractivity contribution is 5.74. The Labute approximate surface area is 197 Å². The average molecular weight is 449 g/mol. The van der Waals surface area contributed by atoms with Gasteiger partial charge >= 0.3 is 5.97 Å². The summed E-state index contributed by atoms with van der Waals surface area (Å²) in [5, 5.41) is 0. The van der Waals surface area contributed by atoms with E-state index in [0.29, 0.717) is 13.0 Å². The number of hydrogen-bond donors (Lipinski definition) is 0. The highest BCUT2D eigenvalue weighted by Gasteiger charge is 2.26. The number of unbranched alkanes of at least 4 members (excludes halogenated alkanes) is 1. The molecule has 0 bridgehead atoms. The van der Waals surface area contributed by atoms with Gasteiger partial charge in [-0.2, -0.15) is 0 Å². The maximum atomic E-state index is 12.1. The van der Waals surface area contributed by atoms with E-state index in [2.05, 4.69) is 38.2 Å². The van der Waals surface area contributed by atoms with E-state index >= 15 is 0 Å². The minimum absolute atomic E-state index is 0.266. The van der Waals surface area contributed by atoms with Crippen LogP contribution in [0, 0.1) is 17.8 Å². The smallest absolute Gasteiger partial charge is 0.335 e. The number of rotatable bonds is 15. The Bertz CT molecular complexity index is 550. The molecule has 0 amide bonds. The first-order chi connectivity index (χ1) is 15.6. The Hall–Kier alpha value is -1.13. The third-order valence-corrected chi connectivity index (χ3v) is 7.10. The zero-order valence-corrected chi connectivity index (χ0v) is 20.9.